The number of hydrogen-bond donors (Lipinski definition) is 3. The van der Waals surface area contributed by atoms with E-state index in [4.69, 9.17) is 16.2 Å². The molecule has 27 heavy (non-hydrogen) atoms. The largest absolute Gasteiger partial charge is 0.383 e. The second-order valence-corrected chi connectivity index (χ2v) is 5.99. The summed E-state index contributed by atoms with van der Waals surface area (Å²) < 4.78 is 20.6. The number of pyridine rings is 1. The lowest BCUT2D eigenvalue weighted by Crippen LogP contribution is -2.16. The maximum absolute atomic E-state index is 13.6. The summed E-state index contributed by atoms with van der Waals surface area (Å²) in [6.45, 7) is 3.22. The summed E-state index contributed by atoms with van der Waals surface area (Å²) in [5.74, 6) is -1.81. The molecule has 8 nitrogen and oxygen atoms in total. The number of anilines is 3. The first-order chi connectivity index (χ1) is 12.9. The number of amides is 1. The number of hydrogen-bond acceptors (Lipinski definition) is 6. The number of nitrogens with two attached hydrogens (primary N) is 2. The Bertz CT molecular complexity index is 1000. The molecule has 1 amide bonds. The van der Waals surface area contributed by atoms with E-state index in [0.29, 0.717) is 18.8 Å². The van der Waals surface area contributed by atoms with Crippen LogP contribution in [0.15, 0.2) is 24.3 Å². The van der Waals surface area contributed by atoms with Gasteiger partial charge in [-0.1, -0.05) is 6.92 Å². The number of fused-ring (bicyclic) bond motifs is 1. The predicted molar refractivity (Wildman–Crippen MR) is 101 cm³/mol. The normalized spacial score (nSPS) is 11.1. The van der Waals surface area contributed by atoms with Crippen molar-refractivity contribution in [3.05, 3.63) is 41.3 Å². The van der Waals surface area contributed by atoms with E-state index in [1.54, 1.807) is 7.11 Å². The number of aromatic nitrogens is 3. The number of methoxy groups -OCH3 is 1. The summed E-state index contributed by atoms with van der Waals surface area (Å²) in [7, 11) is 1.65. The molecule has 9 heteroatoms. The van der Waals surface area contributed by atoms with Gasteiger partial charge in [-0.15, -0.1) is 0 Å². The van der Waals surface area contributed by atoms with E-state index < -0.39 is 11.7 Å². The quantitative estimate of drug-likeness (QED) is 0.585. The van der Waals surface area contributed by atoms with Crippen molar-refractivity contribution in [1.29, 1.82) is 0 Å². The molecule has 0 fully saturated rings. The lowest BCUT2D eigenvalue weighted by atomic mass is 10.1. The van der Waals surface area contributed by atoms with Crippen molar-refractivity contribution in [2.75, 3.05) is 24.8 Å². The molecule has 0 unspecified atom stereocenters. The van der Waals surface area contributed by atoms with E-state index >= 15 is 0 Å². The van der Waals surface area contributed by atoms with Crippen molar-refractivity contribution in [1.82, 2.24) is 14.8 Å². The molecule has 0 bridgehead atoms. The van der Waals surface area contributed by atoms with Gasteiger partial charge < -0.3 is 21.5 Å². The maximum Gasteiger partial charge on any atom is 0.252 e. The fourth-order valence-corrected chi connectivity index (χ4v) is 2.86. The zero-order valence-corrected chi connectivity index (χ0v) is 15.1. The van der Waals surface area contributed by atoms with Gasteiger partial charge in [0, 0.05) is 18.2 Å². The van der Waals surface area contributed by atoms with Crippen LogP contribution in [0.3, 0.4) is 0 Å². The number of halogens is 1. The first kappa shape index (κ1) is 18.6. The Labute approximate surface area is 155 Å². The standard InChI is InChI=1S/C18H21FN6O2/c1-3-14-11-8-10(4-5-15(11)25(24-14)6-7-27-2)22-18-12(17(21)26)9-13(19)16(20)23-18/h4-5,8-9H,3,6-7H2,1-2H3,(H2,21,26)(H3,20,22,23). The Hall–Kier alpha value is -3.20. The molecular weight excluding hydrogens is 351 g/mol. The van der Waals surface area contributed by atoms with E-state index in [2.05, 4.69) is 15.4 Å². The van der Waals surface area contributed by atoms with Gasteiger partial charge in [0.25, 0.3) is 5.91 Å². The average Bonchev–Trinajstić information content (AvgIpc) is 2.99. The van der Waals surface area contributed by atoms with Crippen LogP contribution in [-0.4, -0.2) is 34.4 Å². The third-order valence-electron chi connectivity index (χ3n) is 4.20. The number of nitrogen functional groups attached to an aromatic ring is 1. The lowest BCUT2D eigenvalue weighted by molar-refractivity contribution is 0.100. The molecule has 2 heterocycles. The van der Waals surface area contributed by atoms with Crippen molar-refractivity contribution in [3.63, 3.8) is 0 Å². The molecule has 142 valence electrons. The number of rotatable bonds is 7. The third-order valence-corrected chi connectivity index (χ3v) is 4.20. The van der Waals surface area contributed by atoms with Crippen LogP contribution in [0, 0.1) is 5.82 Å². The first-order valence-electron chi connectivity index (χ1n) is 8.45. The Balaban J connectivity index is 2.01. The van der Waals surface area contributed by atoms with Crippen molar-refractivity contribution in [2.24, 2.45) is 5.73 Å². The Kier molecular flexibility index (Phi) is 5.22. The summed E-state index contributed by atoms with van der Waals surface area (Å²) in [5.41, 5.74) is 13.3. The Morgan fingerprint density at radius 2 is 2.15 bits per heavy atom. The van der Waals surface area contributed by atoms with E-state index in [0.717, 1.165) is 29.1 Å². The Morgan fingerprint density at radius 3 is 2.81 bits per heavy atom. The van der Waals surface area contributed by atoms with Crippen molar-refractivity contribution in [2.45, 2.75) is 19.9 Å². The molecule has 1 aromatic carbocycles. The van der Waals surface area contributed by atoms with Crippen molar-refractivity contribution >= 4 is 34.1 Å². The SMILES string of the molecule is CCc1nn(CCOC)c2ccc(Nc3nc(N)c(F)cc3C(N)=O)cc12. The molecule has 0 aliphatic rings. The fourth-order valence-electron chi connectivity index (χ4n) is 2.86. The van der Waals surface area contributed by atoms with Gasteiger partial charge in [-0.25, -0.2) is 9.37 Å². The maximum atomic E-state index is 13.6. The number of carbonyl (C=O) groups is 1. The van der Waals surface area contributed by atoms with Gasteiger partial charge in [-0.2, -0.15) is 5.10 Å². The van der Waals surface area contributed by atoms with Gasteiger partial charge in [0.05, 0.1) is 29.9 Å². The molecule has 0 aliphatic carbocycles. The van der Waals surface area contributed by atoms with Gasteiger partial charge in [-0.3, -0.25) is 9.48 Å². The molecule has 3 aromatic rings. The van der Waals surface area contributed by atoms with E-state index in [-0.39, 0.29) is 17.2 Å². The minimum Gasteiger partial charge on any atom is -0.383 e. The van der Waals surface area contributed by atoms with E-state index in [9.17, 15) is 9.18 Å². The van der Waals surface area contributed by atoms with Crippen LogP contribution < -0.4 is 16.8 Å². The molecule has 0 aliphatic heterocycles. The minimum absolute atomic E-state index is 0.0756. The van der Waals surface area contributed by atoms with E-state index in [1.807, 2.05) is 29.8 Å². The average molecular weight is 372 g/mol. The monoisotopic (exact) mass is 372 g/mol. The smallest absolute Gasteiger partial charge is 0.252 e. The van der Waals surface area contributed by atoms with Crippen LogP contribution in [0.2, 0.25) is 0 Å². The molecule has 0 radical (unpaired) electrons. The number of carbonyl (C=O) groups excluding carboxylic acids is 1. The zero-order valence-electron chi connectivity index (χ0n) is 15.1. The van der Waals surface area contributed by atoms with Gasteiger partial charge in [0.15, 0.2) is 11.6 Å². The fraction of sp³-hybridized carbons (Fsp3) is 0.278. The molecular formula is C18H21FN6O2. The highest BCUT2D eigenvalue weighted by atomic mass is 19.1. The zero-order chi connectivity index (χ0) is 19.6. The number of ether oxygens (including phenoxy) is 1. The number of primary amides is 1. The number of nitrogens with zero attached hydrogens (tertiary/aromatic N) is 3. The highest BCUT2D eigenvalue weighted by Gasteiger charge is 2.16. The molecule has 0 spiro atoms. The minimum atomic E-state index is -0.799. The molecule has 3 rings (SSSR count). The summed E-state index contributed by atoms with van der Waals surface area (Å²) in [6.07, 6.45) is 0.758. The molecule has 0 atom stereocenters. The topological polar surface area (TPSA) is 121 Å². The summed E-state index contributed by atoms with van der Waals surface area (Å²) in [6, 6.07) is 6.61. The van der Waals surface area contributed by atoms with Crippen molar-refractivity contribution in [3.8, 4) is 0 Å². The van der Waals surface area contributed by atoms with Crippen molar-refractivity contribution < 1.29 is 13.9 Å². The Morgan fingerprint density at radius 1 is 1.37 bits per heavy atom. The number of nitrogens with one attached hydrogen (secondary N) is 1. The molecule has 0 saturated heterocycles. The number of benzene rings is 1. The summed E-state index contributed by atoms with van der Waals surface area (Å²) in [5, 5.41) is 8.58. The number of aryl methyl sites for hydroxylation is 1. The summed E-state index contributed by atoms with van der Waals surface area (Å²) >= 11 is 0. The molecule has 2 aromatic heterocycles. The van der Waals surface area contributed by atoms with Gasteiger partial charge >= 0.3 is 0 Å². The summed E-state index contributed by atoms with van der Waals surface area (Å²) in [4.78, 5) is 15.5. The first-order valence-corrected chi connectivity index (χ1v) is 8.45. The second kappa shape index (κ2) is 7.58. The second-order valence-electron chi connectivity index (χ2n) is 5.99. The van der Waals surface area contributed by atoms with Gasteiger partial charge in [-0.05, 0) is 30.7 Å². The van der Waals surface area contributed by atoms with Crippen LogP contribution in [0.25, 0.3) is 10.9 Å². The van der Waals surface area contributed by atoms with Crippen LogP contribution in [0.1, 0.15) is 23.0 Å². The van der Waals surface area contributed by atoms with Crippen LogP contribution in [-0.2, 0) is 17.7 Å². The van der Waals surface area contributed by atoms with Crippen LogP contribution >= 0.6 is 0 Å². The highest BCUT2D eigenvalue weighted by molar-refractivity contribution is 5.99. The highest BCUT2D eigenvalue weighted by Crippen LogP contribution is 2.27. The third kappa shape index (κ3) is 3.68. The van der Waals surface area contributed by atoms with Crippen LogP contribution in [0.5, 0.6) is 0 Å². The predicted octanol–water partition coefficient (Wildman–Crippen LogP) is 2.20. The molecule has 0 saturated carbocycles. The van der Waals surface area contributed by atoms with E-state index in [1.165, 1.54) is 0 Å². The van der Waals surface area contributed by atoms with Crippen LogP contribution in [0.4, 0.5) is 21.7 Å². The van der Waals surface area contributed by atoms with Gasteiger partial charge in [0.1, 0.15) is 5.82 Å². The molecule has 5 N–H and O–H groups in total. The lowest BCUT2D eigenvalue weighted by Gasteiger charge is -2.11. The van der Waals surface area contributed by atoms with Gasteiger partial charge in [0.2, 0.25) is 0 Å².